The molecule has 0 heterocycles. The smallest absolute Gasteiger partial charge is 0.318 e. The Hall–Kier alpha value is -1.36. The van der Waals surface area contributed by atoms with Gasteiger partial charge in [-0.15, -0.1) is 6.58 Å². The molecule has 5 heteroatoms. The summed E-state index contributed by atoms with van der Waals surface area (Å²) in [5.74, 6) is 0.415. The topological polar surface area (TPSA) is 75.4 Å². The lowest BCUT2D eigenvalue weighted by atomic mass is 9.89. The first-order valence-corrected chi connectivity index (χ1v) is 7.04. The number of carbonyl (C=O) groups excluding carboxylic acids is 2. The van der Waals surface area contributed by atoms with Crippen LogP contribution in [0.25, 0.3) is 0 Å². The number of imide groups is 1. The standard InChI is InChI=1S/C14H25N3O2/c1-2-9-17(10-8-13(18)16-14(15)19)11-12-6-4-3-5-7-12/h2,12H,1,3-11H2,(H3,15,16,18,19). The first-order valence-electron chi connectivity index (χ1n) is 7.04. The highest BCUT2D eigenvalue weighted by atomic mass is 16.2. The van der Waals surface area contributed by atoms with Crippen LogP contribution in [0, 0.1) is 5.92 Å². The van der Waals surface area contributed by atoms with Gasteiger partial charge >= 0.3 is 6.03 Å². The van der Waals surface area contributed by atoms with E-state index in [1.165, 1.54) is 32.1 Å². The van der Waals surface area contributed by atoms with E-state index in [0.717, 1.165) is 19.0 Å². The molecule has 0 radical (unpaired) electrons. The molecule has 0 unspecified atom stereocenters. The molecule has 0 aromatic rings. The van der Waals surface area contributed by atoms with Crippen molar-refractivity contribution in [3.05, 3.63) is 12.7 Å². The van der Waals surface area contributed by atoms with E-state index in [9.17, 15) is 9.59 Å². The van der Waals surface area contributed by atoms with Crippen molar-refractivity contribution in [2.45, 2.75) is 38.5 Å². The molecule has 1 aliphatic carbocycles. The summed E-state index contributed by atoms with van der Waals surface area (Å²) >= 11 is 0. The van der Waals surface area contributed by atoms with Crippen molar-refractivity contribution in [1.82, 2.24) is 10.2 Å². The zero-order valence-electron chi connectivity index (χ0n) is 11.6. The number of primary amides is 1. The SMILES string of the molecule is C=CCN(CCC(=O)NC(N)=O)CC1CCCCC1. The molecule has 0 aromatic carbocycles. The third kappa shape index (κ3) is 6.96. The van der Waals surface area contributed by atoms with Gasteiger partial charge in [0.25, 0.3) is 0 Å². The Morgan fingerprint density at radius 1 is 1.32 bits per heavy atom. The Morgan fingerprint density at radius 2 is 2.00 bits per heavy atom. The van der Waals surface area contributed by atoms with Gasteiger partial charge in [0.1, 0.15) is 0 Å². The third-order valence-electron chi connectivity index (χ3n) is 3.55. The first-order chi connectivity index (χ1) is 9.11. The van der Waals surface area contributed by atoms with Crippen LogP contribution in [-0.4, -0.2) is 36.5 Å². The minimum Gasteiger partial charge on any atom is -0.351 e. The Labute approximate surface area is 115 Å². The van der Waals surface area contributed by atoms with E-state index in [4.69, 9.17) is 5.73 Å². The molecule has 1 aliphatic rings. The Bertz CT molecular complexity index is 312. The monoisotopic (exact) mass is 267 g/mol. The van der Waals surface area contributed by atoms with Crippen LogP contribution in [0.2, 0.25) is 0 Å². The van der Waals surface area contributed by atoms with E-state index in [0.29, 0.717) is 13.0 Å². The molecule has 0 bridgehead atoms. The van der Waals surface area contributed by atoms with Gasteiger partial charge in [0.15, 0.2) is 0 Å². The predicted molar refractivity (Wildman–Crippen MR) is 75.6 cm³/mol. The second kappa shape index (κ2) is 8.69. The van der Waals surface area contributed by atoms with Crippen molar-refractivity contribution in [2.24, 2.45) is 11.7 Å². The van der Waals surface area contributed by atoms with Crippen molar-refractivity contribution in [1.29, 1.82) is 0 Å². The van der Waals surface area contributed by atoms with Gasteiger partial charge in [-0.25, -0.2) is 4.79 Å². The van der Waals surface area contributed by atoms with E-state index >= 15 is 0 Å². The average molecular weight is 267 g/mol. The van der Waals surface area contributed by atoms with E-state index in [1.54, 1.807) is 0 Å². The maximum Gasteiger partial charge on any atom is 0.318 e. The summed E-state index contributed by atoms with van der Waals surface area (Å²) < 4.78 is 0. The molecular formula is C14H25N3O2. The Kier molecular flexibility index (Phi) is 7.18. The maximum atomic E-state index is 11.4. The van der Waals surface area contributed by atoms with Crippen LogP contribution < -0.4 is 11.1 Å². The average Bonchev–Trinajstić information content (AvgIpc) is 2.37. The highest BCUT2D eigenvalue weighted by molar-refractivity contribution is 5.93. The number of urea groups is 1. The molecule has 108 valence electrons. The van der Waals surface area contributed by atoms with E-state index in [1.807, 2.05) is 6.08 Å². The third-order valence-corrected chi connectivity index (χ3v) is 3.55. The second-order valence-corrected chi connectivity index (χ2v) is 5.21. The fraction of sp³-hybridized carbons (Fsp3) is 0.714. The van der Waals surface area contributed by atoms with Gasteiger partial charge in [-0.1, -0.05) is 25.3 Å². The van der Waals surface area contributed by atoms with Crippen molar-refractivity contribution in [3.8, 4) is 0 Å². The summed E-state index contributed by atoms with van der Waals surface area (Å²) in [6, 6.07) is -0.785. The van der Waals surface area contributed by atoms with E-state index < -0.39 is 6.03 Å². The zero-order valence-corrected chi connectivity index (χ0v) is 11.6. The van der Waals surface area contributed by atoms with Crippen LogP contribution in [0.1, 0.15) is 38.5 Å². The minimum absolute atomic E-state index is 0.295. The lowest BCUT2D eigenvalue weighted by Gasteiger charge is -2.28. The van der Waals surface area contributed by atoms with Gasteiger partial charge in [0.05, 0.1) is 0 Å². The summed E-state index contributed by atoms with van der Waals surface area (Å²) in [6.07, 6.45) is 8.68. The quantitative estimate of drug-likeness (QED) is 0.688. The van der Waals surface area contributed by atoms with Crippen molar-refractivity contribution < 1.29 is 9.59 Å². The molecular weight excluding hydrogens is 242 g/mol. The van der Waals surface area contributed by atoms with E-state index in [-0.39, 0.29) is 5.91 Å². The molecule has 0 aromatic heterocycles. The Balaban J connectivity index is 2.32. The maximum absolute atomic E-state index is 11.4. The minimum atomic E-state index is -0.785. The van der Waals surface area contributed by atoms with Crippen molar-refractivity contribution in [2.75, 3.05) is 19.6 Å². The van der Waals surface area contributed by atoms with Gasteiger partial charge in [0, 0.05) is 26.1 Å². The molecule has 19 heavy (non-hydrogen) atoms. The number of nitrogens with two attached hydrogens (primary N) is 1. The van der Waals surface area contributed by atoms with Gasteiger partial charge in [0.2, 0.25) is 5.91 Å². The molecule has 1 saturated carbocycles. The van der Waals surface area contributed by atoms with Crippen LogP contribution in [0.4, 0.5) is 4.79 Å². The summed E-state index contributed by atoms with van der Waals surface area (Å²) in [7, 11) is 0. The number of nitrogens with zero attached hydrogens (tertiary/aromatic N) is 1. The number of nitrogens with one attached hydrogen (secondary N) is 1. The molecule has 0 saturated heterocycles. The normalized spacial score (nSPS) is 16.3. The summed E-state index contributed by atoms with van der Waals surface area (Å²) in [4.78, 5) is 24.2. The van der Waals surface area contributed by atoms with Gasteiger partial charge in [-0.3, -0.25) is 15.0 Å². The number of amides is 3. The molecule has 0 aliphatic heterocycles. The number of hydrogen-bond acceptors (Lipinski definition) is 3. The fourth-order valence-corrected chi connectivity index (χ4v) is 2.63. The number of rotatable bonds is 7. The summed E-state index contributed by atoms with van der Waals surface area (Å²) in [6.45, 7) is 6.18. The number of hydrogen-bond donors (Lipinski definition) is 2. The lowest BCUT2D eigenvalue weighted by molar-refractivity contribution is -0.120. The van der Waals surface area contributed by atoms with Gasteiger partial charge in [-0.2, -0.15) is 0 Å². The molecule has 0 spiro atoms. The van der Waals surface area contributed by atoms with Crippen LogP contribution >= 0.6 is 0 Å². The lowest BCUT2D eigenvalue weighted by Crippen LogP contribution is -2.38. The van der Waals surface area contributed by atoms with Crippen LogP contribution in [0.15, 0.2) is 12.7 Å². The highest BCUT2D eigenvalue weighted by Gasteiger charge is 2.17. The summed E-state index contributed by atoms with van der Waals surface area (Å²) in [5.41, 5.74) is 4.91. The Morgan fingerprint density at radius 3 is 2.58 bits per heavy atom. The van der Waals surface area contributed by atoms with Crippen molar-refractivity contribution >= 4 is 11.9 Å². The largest absolute Gasteiger partial charge is 0.351 e. The van der Waals surface area contributed by atoms with Crippen LogP contribution in [-0.2, 0) is 4.79 Å². The van der Waals surface area contributed by atoms with Gasteiger partial charge < -0.3 is 5.73 Å². The molecule has 0 atom stereocenters. The molecule has 3 N–H and O–H groups in total. The first kappa shape index (κ1) is 15.7. The highest BCUT2D eigenvalue weighted by Crippen LogP contribution is 2.24. The zero-order chi connectivity index (χ0) is 14.1. The molecule has 1 fully saturated rings. The number of carbonyl (C=O) groups is 2. The molecule has 5 nitrogen and oxygen atoms in total. The predicted octanol–water partition coefficient (Wildman–Crippen LogP) is 1.64. The summed E-state index contributed by atoms with van der Waals surface area (Å²) in [5, 5.41) is 2.09. The van der Waals surface area contributed by atoms with Crippen molar-refractivity contribution in [3.63, 3.8) is 0 Å². The molecule has 1 rings (SSSR count). The second-order valence-electron chi connectivity index (χ2n) is 5.21. The molecule has 3 amide bonds. The van der Waals surface area contributed by atoms with Crippen LogP contribution in [0.5, 0.6) is 0 Å². The van der Waals surface area contributed by atoms with E-state index in [2.05, 4.69) is 16.8 Å². The van der Waals surface area contributed by atoms with Crippen LogP contribution in [0.3, 0.4) is 0 Å². The van der Waals surface area contributed by atoms with Gasteiger partial charge in [-0.05, 0) is 18.8 Å². The fourth-order valence-electron chi connectivity index (χ4n) is 2.63.